The van der Waals surface area contributed by atoms with E-state index >= 15 is 0 Å². The van der Waals surface area contributed by atoms with Crippen LogP contribution in [0.5, 0.6) is 5.19 Å². The Hall–Kier alpha value is -0.720. The fourth-order valence-electron chi connectivity index (χ4n) is 0.715. The third-order valence-electron chi connectivity index (χ3n) is 1.31. The molecule has 0 aliphatic carbocycles. The molecule has 0 radical (unpaired) electrons. The molecule has 1 aromatic heterocycles. The van der Waals surface area contributed by atoms with Crippen molar-refractivity contribution in [2.45, 2.75) is 12.8 Å². The summed E-state index contributed by atoms with van der Waals surface area (Å²) in [5, 5.41) is 0.654. The molecule has 2 nitrogen and oxygen atoms in total. The molecule has 13 heavy (non-hydrogen) atoms. The maximum absolute atomic E-state index is 5.51. The van der Waals surface area contributed by atoms with Crippen molar-refractivity contribution in [3.63, 3.8) is 0 Å². The Morgan fingerprint density at radius 1 is 1.69 bits per heavy atom. The van der Waals surface area contributed by atoms with Crippen LogP contribution in [0.15, 0.2) is 6.20 Å². The smallest absolute Gasteiger partial charge is 0.274 e. The molecule has 0 fully saturated rings. The summed E-state index contributed by atoms with van der Waals surface area (Å²) in [7, 11) is 1.60. The lowest BCUT2D eigenvalue weighted by molar-refractivity contribution is 0.412. The lowest BCUT2D eigenvalue weighted by Crippen LogP contribution is -1.76. The molecule has 0 bridgehead atoms. The number of aromatic nitrogens is 1. The first-order valence-electron chi connectivity index (χ1n) is 3.91. The van der Waals surface area contributed by atoms with E-state index in [1.165, 1.54) is 11.3 Å². The predicted molar refractivity (Wildman–Crippen MR) is 55.5 cm³/mol. The second kappa shape index (κ2) is 5.85. The molecule has 0 aliphatic heterocycles. The van der Waals surface area contributed by atoms with Gasteiger partial charge in [-0.2, -0.15) is 0 Å². The van der Waals surface area contributed by atoms with Gasteiger partial charge >= 0.3 is 0 Å². The zero-order chi connectivity index (χ0) is 9.52. The van der Waals surface area contributed by atoms with Crippen molar-refractivity contribution in [2.24, 2.45) is 0 Å². The first-order valence-corrected chi connectivity index (χ1v) is 5.26. The maximum atomic E-state index is 5.51. The van der Waals surface area contributed by atoms with E-state index in [0.717, 1.165) is 17.7 Å². The van der Waals surface area contributed by atoms with Gasteiger partial charge in [0.05, 0.1) is 13.3 Å². The van der Waals surface area contributed by atoms with Gasteiger partial charge in [-0.3, -0.25) is 0 Å². The summed E-state index contributed by atoms with van der Waals surface area (Å²) in [5.41, 5.74) is 0. The molecule has 0 aromatic carbocycles. The Balaban J connectivity index is 2.46. The molecule has 0 amide bonds. The normalized spacial score (nSPS) is 9.08. The molecule has 4 heteroatoms. The Morgan fingerprint density at radius 2 is 2.54 bits per heavy atom. The Morgan fingerprint density at radius 3 is 3.15 bits per heavy atom. The highest BCUT2D eigenvalue weighted by atomic mass is 35.5. The lowest BCUT2D eigenvalue weighted by atomic mass is 10.3. The molecule has 1 rings (SSSR count). The molecular formula is C9H10ClNOS. The van der Waals surface area contributed by atoms with Crippen molar-refractivity contribution < 1.29 is 4.74 Å². The van der Waals surface area contributed by atoms with Crippen LogP contribution in [0.25, 0.3) is 0 Å². The van der Waals surface area contributed by atoms with Gasteiger partial charge in [0.1, 0.15) is 4.88 Å². The first-order chi connectivity index (χ1) is 6.36. The molecule has 0 spiro atoms. The monoisotopic (exact) mass is 215 g/mol. The molecule has 1 heterocycles. The number of hydrogen-bond donors (Lipinski definition) is 0. The average Bonchev–Trinajstić information content (AvgIpc) is 2.60. The molecule has 0 aliphatic rings. The topological polar surface area (TPSA) is 22.1 Å². The number of halogens is 1. The van der Waals surface area contributed by atoms with Crippen molar-refractivity contribution in [3.8, 4) is 17.0 Å². The summed E-state index contributed by atoms with van der Waals surface area (Å²) in [6.45, 7) is 0. The van der Waals surface area contributed by atoms with E-state index in [9.17, 15) is 0 Å². The number of methoxy groups -OCH3 is 1. The van der Waals surface area contributed by atoms with E-state index in [1.54, 1.807) is 13.3 Å². The molecule has 0 saturated heterocycles. The third kappa shape index (κ3) is 3.67. The third-order valence-corrected chi connectivity index (χ3v) is 2.45. The van der Waals surface area contributed by atoms with Gasteiger partial charge in [0, 0.05) is 12.3 Å². The van der Waals surface area contributed by atoms with E-state index in [2.05, 4.69) is 16.8 Å². The van der Waals surface area contributed by atoms with Gasteiger partial charge in [-0.25, -0.2) is 4.98 Å². The van der Waals surface area contributed by atoms with E-state index in [1.807, 2.05) is 0 Å². The Bertz CT molecular complexity index is 313. The van der Waals surface area contributed by atoms with Crippen molar-refractivity contribution in [1.82, 2.24) is 4.98 Å². The minimum Gasteiger partial charge on any atom is -0.473 e. The van der Waals surface area contributed by atoms with Gasteiger partial charge in [-0.15, -0.1) is 11.6 Å². The minimum absolute atomic E-state index is 0.654. The summed E-state index contributed by atoms with van der Waals surface area (Å²) in [5.74, 6) is 6.69. The summed E-state index contributed by atoms with van der Waals surface area (Å²) in [4.78, 5) is 4.94. The fraction of sp³-hybridized carbons (Fsp3) is 0.444. The number of ether oxygens (including phenoxy) is 1. The van der Waals surface area contributed by atoms with Crippen LogP contribution in [0, 0.1) is 11.8 Å². The number of hydrogen-bond acceptors (Lipinski definition) is 3. The number of alkyl halides is 1. The maximum Gasteiger partial charge on any atom is 0.274 e. The van der Waals surface area contributed by atoms with Crippen molar-refractivity contribution in [1.29, 1.82) is 0 Å². The molecule has 0 atom stereocenters. The first kappa shape index (κ1) is 10.4. The van der Waals surface area contributed by atoms with E-state index < -0.39 is 0 Å². The van der Waals surface area contributed by atoms with Gasteiger partial charge in [-0.1, -0.05) is 23.2 Å². The van der Waals surface area contributed by atoms with Crippen molar-refractivity contribution in [3.05, 3.63) is 11.1 Å². The standard InChI is InChI=1S/C9H10ClNOS/c1-12-9-11-7-8(13-9)5-3-2-4-6-10/h7H,2,4,6H2,1H3. The Labute approximate surface area is 86.9 Å². The second-order valence-electron chi connectivity index (χ2n) is 2.29. The lowest BCUT2D eigenvalue weighted by Gasteiger charge is -1.85. The van der Waals surface area contributed by atoms with Crippen molar-refractivity contribution in [2.75, 3.05) is 13.0 Å². The fourth-order valence-corrected chi connectivity index (χ4v) is 1.45. The van der Waals surface area contributed by atoms with Gasteiger partial charge in [-0.05, 0) is 6.42 Å². The molecular weight excluding hydrogens is 206 g/mol. The van der Waals surface area contributed by atoms with Crippen LogP contribution in [0.3, 0.4) is 0 Å². The van der Waals surface area contributed by atoms with Crippen LogP contribution in [0.2, 0.25) is 0 Å². The molecule has 0 saturated carbocycles. The van der Waals surface area contributed by atoms with Gasteiger partial charge in [0.25, 0.3) is 5.19 Å². The highest BCUT2D eigenvalue weighted by Gasteiger charge is 1.96. The van der Waals surface area contributed by atoms with E-state index in [0.29, 0.717) is 11.1 Å². The van der Waals surface area contributed by atoms with Crippen LogP contribution >= 0.6 is 22.9 Å². The number of rotatable bonds is 3. The quantitative estimate of drug-likeness (QED) is 0.439. The van der Waals surface area contributed by atoms with Gasteiger partial charge in [0.2, 0.25) is 0 Å². The molecule has 1 aromatic rings. The minimum atomic E-state index is 0.654. The number of unbranched alkanes of at least 4 members (excludes halogenated alkanes) is 1. The highest BCUT2D eigenvalue weighted by Crippen LogP contribution is 2.18. The molecule has 70 valence electrons. The Kier molecular flexibility index (Phi) is 4.66. The predicted octanol–water partition coefficient (Wildman–Crippen LogP) is 2.52. The van der Waals surface area contributed by atoms with E-state index in [4.69, 9.17) is 16.3 Å². The number of nitrogens with zero attached hydrogens (tertiary/aromatic N) is 1. The van der Waals surface area contributed by atoms with E-state index in [-0.39, 0.29) is 0 Å². The average molecular weight is 216 g/mol. The molecule has 0 unspecified atom stereocenters. The summed E-state index contributed by atoms with van der Waals surface area (Å²) in [6, 6.07) is 0. The highest BCUT2D eigenvalue weighted by molar-refractivity contribution is 7.13. The van der Waals surface area contributed by atoms with Crippen LogP contribution in [0.4, 0.5) is 0 Å². The SMILES string of the molecule is COc1ncc(C#CCCCCl)s1. The van der Waals surface area contributed by atoms with Crippen LogP contribution < -0.4 is 4.74 Å². The number of thiazole rings is 1. The van der Waals surface area contributed by atoms with Crippen LogP contribution in [0.1, 0.15) is 17.7 Å². The van der Waals surface area contributed by atoms with Crippen molar-refractivity contribution >= 4 is 22.9 Å². The molecule has 0 N–H and O–H groups in total. The van der Waals surface area contributed by atoms with Gasteiger partial charge in [0.15, 0.2) is 0 Å². The zero-order valence-corrected chi connectivity index (χ0v) is 8.91. The summed E-state index contributed by atoms with van der Waals surface area (Å²) < 4.78 is 4.94. The summed E-state index contributed by atoms with van der Waals surface area (Å²) >= 11 is 6.96. The summed E-state index contributed by atoms with van der Waals surface area (Å²) in [6.07, 6.45) is 3.49. The van der Waals surface area contributed by atoms with Crippen LogP contribution in [-0.2, 0) is 0 Å². The second-order valence-corrected chi connectivity index (χ2v) is 3.66. The van der Waals surface area contributed by atoms with Gasteiger partial charge < -0.3 is 4.74 Å². The zero-order valence-electron chi connectivity index (χ0n) is 7.34. The van der Waals surface area contributed by atoms with Crippen LogP contribution in [-0.4, -0.2) is 18.0 Å². The largest absolute Gasteiger partial charge is 0.473 e.